The first-order valence-electron chi connectivity index (χ1n) is 6.31. The molecule has 5 nitrogen and oxygen atoms in total. The summed E-state index contributed by atoms with van der Waals surface area (Å²) < 4.78 is 10.9. The van der Waals surface area contributed by atoms with Crippen molar-refractivity contribution in [2.24, 2.45) is 0 Å². The molecule has 0 spiro atoms. The highest BCUT2D eigenvalue weighted by Gasteiger charge is 2.23. The van der Waals surface area contributed by atoms with E-state index in [2.05, 4.69) is 21.5 Å². The first-order chi connectivity index (χ1) is 9.40. The van der Waals surface area contributed by atoms with Gasteiger partial charge in [0.15, 0.2) is 0 Å². The number of hydrogen-bond acceptors (Lipinski definition) is 6. The summed E-state index contributed by atoms with van der Waals surface area (Å²) in [6.45, 7) is 0.763. The highest BCUT2D eigenvalue weighted by Crippen LogP contribution is 2.30. The van der Waals surface area contributed by atoms with E-state index in [0.29, 0.717) is 11.7 Å². The molecule has 1 fully saturated rings. The Kier molecular flexibility index (Phi) is 2.70. The maximum atomic E-state index is 5.50. The number of rotatable bonds is 2. The van der Waals surface area contributed by atoms with Gasteiger partial charge in [-0.05, 0) is 23.8 Å². The van der Waals surface area contributed by atoms with Gasteiger partial charge in [0.25, 0.3) is 0 Å². The second-order valence-corrected chi connectivity index (χ2v) is 5.68. The zero-order chi connectivity index (χ0) is 12.7. The van der Waals surface area contributed by atoms with E-state index >= 15 is 0 Å². The van der Waals surface area contributed by atoms with Crippen molar-refractivity contribution >= 4 is 11.8 Å². The number of hydrogen-bond donors (Lipinski definition) is 1. The quantitative estimate of drug-likeness (QED) is 0.904. The Morgan fingerprint density at radius 2 is 2.37 bits per heavy atom. The van der Waals surface area contributed by atoms with Crippen LogP contribution >= 0.6 is 11.8 Å². The van der Waals surface area contributed by atoms with Gasteiger partial charge in [0.05, 0.1) is 12.6 Å². The fraction of sp³-hybridized carbons (Fsp3) is 0.385. The molecule has 0 bridgehead atoms. The minimum atomic E-state index is 0.184. The van der Waals surface area contributed by atoms with Crippen LogP contribution in [0, 0.1) is 0 Å². The number of fused-ring (bicyclic) bond motifs is 1. The highest BCUT2D eigenvalue weighted by molar-refractivity contribution is 7.99. The number of nitrogens with zero attached hydrogens (tertiary/aromatic N) is 2. The molecule has 98 valence electrons. The third-order valence-electron chi connectivity index (χ3n) is 3.40. The van der Waals surface area contributed by atoms with Crippen LogP contribution in [0.3, 0.4) is 0 Å². The molecule has 1 aromatic carbocycles. The molecule has 4 rings (SSSR count). The van der Waals surface area contributed by atoms with E-state index < -0.39 is 0 Å². The SMILES string of the molecule is c1cc2c(cc1-c1noc(C3CSCN3)n1)CCO2. The smallest absolute Gasteiger partial charge is 0.244 e. The van der Waals surface area contributed by atoms with E-state index in [-0.39, 0.29) is 6.04 Å². The summed E-state index contributed by atoms with van der Waals surface area (Å²) in [5, 5.41) is 7.41. The molecular weight excluding hydrogens is 262 g/mol. The minimum absolute atomic E-state index is 0.184. The third kappa shape index (κ3) is 2.01. The lowest BCUT2D eigenvalue weighted by molar-refractivity contribution is 0.351. The Morgan fingerprint density at radius 3 is 3.26 bits per heavy atom. The second-order valence-electron chi connectivity index (χ2n) is 4.65. The van der Waals surface area contributed by atoms with Crippen molar-refractivity contribution in [2.45, 2.75) is 12.5 Å². The molecule has 0 saturated carbocycles. The molecule has 0 aliphatic carbocycles. The molecule has 0 amide bonds. The maximum absolute atomic E-state index is 5.50. The number of ether oxygens (including phenoxy) is 1. The van der Waals surface area contributed by atoms with Crippen molar-refractivity contribution in [2.75, 3.05) is 18.2 Å². The van der Waals surface area contributed by atoms with Crippen molar-refractivity contribution in [1.29, 1.82) is 0 Å². The molecule has 6 heteroatoms. The summed E-state index contributed by atoms with van der Waals surface area (Å²) in [7, 11) is 0. The molecule has 19 heavy (non-hydrogen) atoms. The van der Waals surface area contributed by atoms with Crippen LogP contribution < -0.4 is 10.1 Å². The predicted octanol–water partition coefficient (Wildman–Crippen LogP) is 2.01. The van der Waals surface area contributed by atoms with Gasteiger partial charge in [0, 0.05) is 23.6 Å². The lowest BCUT2D eigenvalue weighted by Crippen LogP contribution is -2.14. The van der Waals surface area contributed by atoms with Gasteiger partial charge in [0.2, 0.25) is 11.7 Å². The second kappa shape index (κ2) is 4.54. The Labute approximate surface area is 114 Å². The van der Waals surface area contributed by atoms with Crippen molar-refractivity contribution in [1.82, 2.24) is 15.5 Å². The molecule has 1 atom stereocenters. The van der Waals surface area contributed by atoms with Crippen LogP contribution in [0.15, 0.2) is 22.7 Å². The summed E-state index contributed by atoms with van der Waals surface area (Å²) in [6, 6.07) is 6.24. The number of aromatic nitrogens is 2. The Hall–Kier alpha value is -1.53. The summed E-state index contributed by atoms with van der Waals surface area (Å²) in [4.78, 5) is 4.49. The number of nitrogens with one attached hydrogen (secondary N) is 1. The Balaban J connectivity index is 1.65. The van der Waals surface area contributed by atoms with Crippen molar-refractivity contribution in [3.8, 4) is 17.1 Å². The lowest BCUT2D eigenvalue weighted by atomic mass is 10.1. The maximum Gasteiger partial charge on any atom is 0.244 e. The van der Waals surface area contributed by atoms with Gasteiger partial charge in [-0.15, -0.1) is 11.8 Å². The Morgan fingerprint density at radius 1 is 1.37 bits per heavy atom. The van der Waals surface area contributed by atoms with Gasteiger partial charge >= 0.3 is 0 Å². The molecule has 2 aliphatic rings. The number of thioether (sulfide) groups is 1. The van der Waals surface area contributed by atoms with Crippen molar-refractivity contribution < 1.29 is 9.26 Å². The molecule has 1 saturated heterocycles. The molecule has 1 aromatic heterocycles. The van der Waals surface area contributed by atoms with Crippen LogP contribution in [0.25, 0.3) is 11.4 Å². The van der Waals surface area contributed by atoms with E-state index in [1.807, 2.05) is 23.9 Å². The van der Waals surface area contributed by atoms with Gasteiger partial charge in [0.1, 0.15) is 5.75 Å². The van der Waals surface area contributed by atoms with Crippen LogP contribution in [-0.2, 0) is 6.42 Å². The Bertz CT molecular complexity index is 608. The van der Waals surface area contributed by atoms with Crippen LogP contribution in [-0.4, -0.2) is 28.4 Å². The topological polar surface area (TPSA) is 60.2 Å². The first-order valence-corrected chi connectivity index (χ1v) is 7.46. The monoisotopic (exact) mass is 275 g/mol. The molecule has 3 heterocycles. The first kappa shape index (κ1) is 11.3. The van der Waals surface area contributed by atoms with Crippen LogP contribution in [0.2, 0.25) is 0 Å². The molecule has 2 aliphatic heterocycles. The van der Waals surface area contributed by atoms with Crippen LogP contribution in [0.1, 0.15) is 17.5 Å². The summed E-state index contributed by atoms with van der Waals surface area (Å²) in [6.07, 6.45) is 0.953. The van der Waals surface area contributed by atoms with Crippen LogP contribution in [0.5, 0.6) is 5.75 Å². The molecule has 0 radical (unpaired) electrons. The van der Waals surface area contributed by atoms with Crippen molar-refractivity contribution in [3.63, 3.8) is 0 Å². The fourth-order valence-electron chi connectivity index (χ4n) is 2.37. The standard InChI is InChI=1S/C13H13N3O2S/c1-2-11-8(3-4-17-11)5-9(1)12-15-13(18-16-12)10-6-19-7-14-10/h1-2,5,10,14H,3-4,6-7H2. The lowest BCUT2D eigenvalue weighted by Gasteiger charge is -2.01. The largest absolute Gasteiger partial charge is 0.493 e. The fourth-order valence-corrected chi connectivity index (χ4v) is 3.31. The van der Waals surface area contributed by atoms with Gasteiger partial charge < -0.3 is 9.26 Å². The third-order valence-corrected chi connectivity index (χ3v) is 4.34. The summed E-state index contributed by atoms with van der Waals surface area (Å²) in [5.74, 6) is 4.24. The molecule has 2 aromatic rings. The zero-order valence-electron chi connectivity index (χ0n) is 10.3. The molecule has 1 N–H and O–H groups in total. The van der Waals surface area contributed by atoms with E-state index in [1.54, 1.807) is 0 Å². The van der Waals surface area contributed by atoms with Crippen molar-refractivity contribution in [3.05, 3.63) is 29.7 Å². The highest BCUT2D eigenvalue weighted by atomic mass is 32.2. The van der Waals surface area contributed by atoms with E-state index in [9.17, 15) is 0 Å². The van der Waals surface area contributed by atoms with Crippen LogP contribution in [0.4, 0.5) is 0 Å². The summed E-state index contributed by atoms with van der Waals surface area (Å²) in [5.41, 5.74) is 2.21. The predicted molar refractivity (Wildman–Crippen MR) is 72.1 cm³/mol. The molecule has 1 unspecified atom stereocenters. The average Bonchev–Trinajstić information content (AvgIpc) is 3.18. The average molecular weight is 275 g/mol. The van der Waals surface area contributed by atoms with Gasteiger partial charge in [-0.1, -0.05) is 5.16 Å². The van der Waals surface area contributed by atoms with E-state index in [1.165, 1.54) is 5.56 Å². The molecular formula is C13H13N3O2S. The van der Waals surface area contributed by atoms with E-state index in [0.717, 1.165) is 36.0 Å². The number of benzene rings is 1. The van der Waals surface area contributed by atoms with Gasteiger partial charge in [-0.2, -0.15) is 4.98 Å². The summed E-state index contributed by atoms with van der Waals surface area (Å²) >= 11 is 1.84. The minimum Gasteiger partial charge on any atom is -0.493 e. The normalized spacial score (nSPS) is 21.4. The van der Waals surface area contributed by atoms with Gasteiger partial charge in [-0.3, -0.25) is 5.32 Å². The van der Waals surface area contributed by atoms with Gasteiger partial charge in [-0.25, -0.2) is 0 Å². The van der Waals surface area contributed by atoms with E-state index in [4.69, 9.17) is 9.26 Å². The zero-order valence-corrected chi connectivity index (χ0v) is 11.1.